The summed E-state index contributed by atoms with van der Waals surface area (Å²) < 4.78 is 16.8. The van der Waals surface area contributed by atoms with Gasteiger partial charge in [0.1, 0.15) is 0 Å². The molecule has 1 aliphatic rings. The molecule has 2 aromatic rings. The Morgan fingerprint density at radius 1 is 0.967 bits per heavy atom. The Bertz CT molecular complexity index is 816. The van der Waals surface area contributed by atoms with E-state index < -0.39 is 0 Å². The van der Waals surface area contributed by atoms with Gasteiger partial charge in [0.05, 0.1) is 32.9 Å². The van der Waals surface area contributed by atoms with Crippen LogP contribution in [0.5, 0.6) is 11.5 Å². The van der Waals surface area contributed by atoms with Crippen molar-refractivity contribution in [3.05, 3.63) is 59.2 Å². The summed E-state index contributed by atoms with van der Waals surface area (Å²) in [6.45, 7) is 9.65. The molecule has 0 amide bonds. The summed E-state index contributed by atoms with van der Waals surface area (Å²) >= 11 is 0. The Hall–Kier alpha value is -2.04. The number of rotatable bonds is 9. The van der Waals surface area contributed by atoms with Crippen molar-refractivity contribution < 1.29 is 19.5 Å². The molecule has 0 bridgehead atoms. The second-order valence-corrected chi connectivity index (χ2v) is 9.24. The lowest BCUT2D eigenvalue weighted by molar-refractivity contribution is -0.655. The fourth-order valence-corrected chi connectivity index (χ4v) is 4.82. The highest BCUT2D eigenvalue weighted by atomic mass is 16.5. The topological polar surface area (TPSA) is 44.3 Å². The molecule has 0 unspecified atom stereocenters. The average Bonchev–Trinajstić information content (AvgIpc) is 2.73. The third kappa shape index (κ3) is 5.55. The zero-order valence-electron chi connectivity index (χ0n) is 19.3. The van der Waals surface area contributed by atoms with Gasteiger partial charge in [0, 0.05) is 24.9 Å². The Kier molecular flexibility index (Phi) is 7.43. The van der Waals surface area contributed by atoms with Crippen molar-refractivity contribution in [3.8, 4) is 11.5 Å². The van der Waals surface area contributed by atoms with E-state index in [2.05, 4.69) is 62.5 Å². The largest absolute Gasteiger partial charge is 0.493 e. The van der Waals surface area contributed by atoms with E-state index >= 15 is 0 Å². The lowest BCUT2D eigenvalue weighted by Crippen LogP contribution is -2.85. The van der Waals surface area contributed by atoms with E-state index in [1.807, 2.05) is 6.07 Å². The first kappa shape index (κ1) is 22.6. The molecule has 0 radical (unpaired) electrons. The number of hydrogen-bond acceptors (Lipinski definition) is 3. The van der Waals surface area contributed by atoms with E-state index in [0.29, 0.717) is 0 Å². The minimum absolute atomic E-state index is 0.0667. The summed E-state index contributed by atoms with van der Waals surface area (Å²) in [4.78, 5) is 0. The third-order valence-electron chi connectivity index (χ3n) is 6.41. The number of methoxy groups -OCH3 is 2. The summed E-state index contributed by atoms with van der Waals surface area (Å²) in [7, 11) is 3.36. The van der Waals surface area contributed by atoms with Crippen LogP contribution in [-0.2, 0) is 16.6 Å². The van der Waals surface area contributed by atoms with Gasteiger partial charge < -0.3 is 19.5 Å². The van der Waals surface area contributed by atoms with Gasteiger partial charge in [-0.2, -0.15) is 0 Å². The third-order valence-corrected chi connectivity index (χ3v) is 6.41. The summed E-state index contributed by atoms with van der Waals surface area (Å²) in [6.07, 6.45) is 4.37. The molecule has 2 aromatic carbocycles. The molecule has 0 aliphatic carbocycles. The Morgan fingerprint density at radius 3 is 2.37 bits per heavy atom. The van der Waals surface area contributed by atoms with Crippen molar-refractivity contribution in [2.24, 2.45) is 0 Å². The number of aryl methyl sites for hydroxylation is 1. The van der Waals surface area contributed by atoms with Crippen molar-refractivity contribution in [3.63, 3.8) is 0 Å². The molecular formula is C26H38NO3+. The quantitative estimate of drug-likeness (QED) is 0.633. The van der Waals surface area contributed by atoms with Gasteiger partial charge in [0.15, 0.2) is 11.5 Å². The van der Waals surface area contributed by atoms with Crippen molar-refractivity contribution in [2.75, 3.05) is 33.9 Å². The number of quaternary nitrogens is 1. The number of nitrogens with two attached hydrogens (primary N) is 1. The fraction of sp³-hybridized carbons (Fsp3) is 0.538. The zero-order valence-corrected chi connectivity index (χ0v) is 19.3. The van der Waals surface area contributed by atoms with E-state index in [-0.39, 0.29) is 11.0 Å². The predicted molar refractivity (Wildman–Crippen MR) is 122 cm³/mol. The predicted octanol–water partition coefficient (Wildman–Crippen LogP) is 4.04. The minimum Gasteiger partial charge on any atom is -0.493 e. The molecule has 1 atom stereocenters. The number of ether oxygens (including phenoxy) is 3. The van der Waals surface area contributed by atoms with Crippen LogP contribution in [0, 0.1) is 6.92 Å². The smallest absolute Gasteiger partial charge is 0.160 e. The van der Waals surface area contributed by atoms with Gasteiger partial charge in [-0.3, -0.25) is 0 Å². The fourth-order valence-electron chi connectivity index (χ4n) is 4.82. The van der Waals surface area contributed by atoms with Crippen molar-refractivity contribution in [1.29, 1.82) is 0 Å². The lowest BCUT2D eigenvalue weighted by atomic mass is 9.67. The maximum atomic E-state index is 6.06. The van der Waals surface area contributed by atoms with E-state index in [0.717, 1.165) is 50.5 Å². The molecule has 4 heteroatoms. The second-order valence-electron chi connectivity index (χ2n) is 9.24. The van der Waals surface area contributed by atoms with Gasteiger partial charge in [0.25, 0.3) is 0 Å². The first-order valence-corrected chi connectivity index (χ1v) is 11.1. The van der Waals surface area contributed by atoms with Crippen molar-refractivity contribution in [1.82, 2.24) is 0 Å². The average molecular weight is 413 g/mol. The van der Waals surface area contributed by atoms with E-state index in [4.69, 9.17) is 14.2 Å². The number of benzene rings is 2. The van der Waals surface area contributed by atoms with Crippen LogP contribution < -0.4 is 14.8 Å². The zero-order chi connectivity index (χ0) is 21.6. The molecule has 0 saturated carbocycles. The first-order chi connectivity index (χ1) is 14.4. The molecule has 30 heavy (non-hydrogen) atoms. The first-order valence-electron chi connectivity index (χ1n) is 11.1. The Balaban J connectivity index is 1.59. The normalized spacial score (nSPS) is 20.7. The van der Waals surface area contributed by atoms with Crippen LogP contribution in [-0.4, -0.2) is 39.5 Å². The van der Waals surface area contributed by atoms with Crippen LogP contribution in [0.15, 0.2) is 42.5 Å². The minimum atomic E-state index is -0.0667. The summed E-state index contributed by atoms with van der Waals surface area (Å²) in [5.41, 5.74) is 4.21. The molecule has 1 fully saturated rings. The van der Waals surface area contributed by atoms with Gasteiger partial charge in [-0.1, -0.05) is 35.9 Å². The van der Waals surface area contributed by atoms with Gasteiger partial charge in [0.2, 0.25) is 0 Å². The molecule has 1 saturated heterocycles. The van der Waals surface area contributed by atoms with Gasteiger partial charge >= 0.3 is 0 Å². The highest BCUT2D eigenvalue weighted by Crippen LogP contribution is 2.43. The SMILES string of the molecule is COc1ccc(CC[NH2+]CC[C@]2(c3ccc(C)cc3)CCOC(C)(C)C2)cc1OC. The molecule has 1 heterocycles. The molecule has 1 aliphatic heterocycles. The summed E-state index contributed by atoms with van der Waals surface area (Å²) in [5, 5.41) is 2.45. The lowest BCUT2D eigenvalue weighted by Gasteiger charge is -2.45. The molecule has 4 nitrogen and oxygen atoms in total. The maximum Gasteiger partial charge on any atom is 0.160 e. The standard InChI is InChI=1S/C26H37NO3/c1-20-6-9-22(10-7-20)26(14-17-30-25(2,3)19-26)13-16-27-15-12-21-8-11-23(28-4)24(18-21)29-5/h6-11,18,27H,12-17,19H2,1-5H3/p+1/t26-/m0/s1. The maximum absolute atomic E-state index is 6.06. The van der Waals surface area contributed by atoms with Crippen LogP contribution >= 0.6 is 0 Å². The van der Waals surface area contributed by atoms with Crippen LogP contribution in [0.4, 0.5) is 0 Å². The van der Waals surface area contributed by atoms with Crippen LogP contribution in [0.1, 0.15) is 49.8 Å². The van der Waals surface area contributed by atoms with Crippen molar-refractivity contribution in [2.45, 2.75) is 57.5 Å². The molecule has 3 rings (SSSR count). The highest BCUT2D eigenvalue weighted by molar-refractivity contribution is 5.42. The van der Waals surface area contributed by atoms with Crippen LogP contribution in [0.3, 0.4) is 0 Å². The van der Waals surface area contributed by atoms with Crippen LogP contribution in [0.25, 0.3) is 0 Å². The van der Waals surface area contributed by atoms with Crippen molar-refractivity contribution >= 4 is 0 Å². The highest BCUT2D eigenvalue weighted by Gasteiger charge is 2.42. The molecular weight excluding hydrogens is 374 g/mol. The Labute approximate surface area is 181 Å². The monoisotopic (exact) mass is 412 g/mol. The van der Waals surface area contributed by atoms with Crippen LogP contribution in [0.2, 0.25) is 0 Å². The summed E-state index contributed by atoms with van der Waals surface area (Å²) in [5.74, 6) is 1.59. The number of hydrogen-bond donors (Lipinski definition) is 1. The van der Waals surface area contributed by atoms with Gasteiger partial charge in [-0.25, -0.2) is 0 Å². The molecule has 164 valence electrons. The molecule has 2 N–H and O–H groups in total. The van der Waals surface area contributed by atoms with E-state index in [9.17, 15) is 0 Å². The second kappa shape index (κ2) is 9.84. The molecule has 0 spiro atoms. The van der Waals surface area contributed by atoms with Gasteiger partial charge in [-0.05, 0) is 56.9 Å². The van der Waals surface area contributed by atoms with E-state index in [1.165, 1.54) is 23.1 Å². The summed E-state index contributed by atoms with van der Waals surface area (Å²) in [6, 6.07) is 15.4. The Morgan fingerprint density at radius 2 is 1.70 bits per heavy atom. The molecule has 0 aromatic heterocycles. The van der Waals surface area contributed by atoms with Gasteiger partial charge in [-0.15, -0.1) is 0 Å². The van der Waals surface area contributed by atoms with E-state index in [1.54, 1.807) is 14.2 Å².